The Morgan fingerprint density at radius 1 is 1.35 bits per heavy atom. The van der Waals surface area contributed by atoms with Gasteiger partial charge in [-0.1, -0.05) is 31.5 Å². The van der Waals surface area contributed by atoms with E-state index in [1.165, 1.54) is 0 Å². The quantitative estimate of drug-likeness (QED) is 0.942. The summed E-state index contributed by atoms with van der Waals surface area (Å²) in [4.78, 5) is 12.4. The summed E-state index contributed by atoms with van der Waals surface area (Å²) in [5.41, 5.74) is 7.81. The second-order valence-corrected chi connectivity index (χ2v) is 5.71. The second-order valence-electron chi connectivity index (χ2n) is 5.27. The van der Waals surface area contributed by atoms with E-state index >= 15 is 0 Å². The highest BCUT2D eigenvalue weighted by Crippen LogP contribution is 2.19. The molecule has 0 radical (unpaired) electrons. The first-order chi connectivity index (χ1) is 9.45. The molecule has 1 aromatic heterocycles. The van der Waals surface area contributed by atoms with E-state index in [4.69, 9.17) is 17.3 Å². The van der Waals surface area contributed by atoms with Gasteiger partial charge in [0.1, 0.15) is 5.69 Å². The molecule has 108 valence electrons. The maximum absolute atomic E-state index is 12.4. The Hall–Kier alpha value is -1.68. The number of anilines is 1. The van der Waals surface area contributed by atoms with Crippen LogP contribution in [0.25, 0.3) is 5.69 Å². The van der Waals surface area contributed by atoms with Crippen LogP contribution in [-0.2, 0) is 13.0 Å². The van der Waals surface area contributed by atoms with Gasteiger partial charge < -0.3 is 5.73 Å². The van der Waals surface area contributed by atoms with Crippen molar-refractivity contribution in [3.05, 3.63) is 45.3 Å². The van der Waals surface area contributed by atoms with Crippen LogP contribution in [0.2, 0.25) is 5.02 Å². The molecule has 2 aromatic rings. The molecule has 0 fully saturated rings. The van der Waals surface area contributed by atoms with Crippen molar-refractivity contribution in [3.63, 3.8) is 0 Å². The van der Waals surface area contributed by atoms with Crippen LogP contribution in [0, 0.1) is 5.92 Å². The third-order valence-electron chi connectivity index (χ3n) is 3.24. The Kier molecular flexibility index (Phi) is 4.23. The van der Waals surface area contributed by atoms with Crippen LogP contribution >= 0.6 is 11.6 Å². The van der Waals surface area contributed by atoms with Crippen LogP contribution in [0.15, 0.2) is 29.1 Å². The molecule has 0 aliphatic carbocycles. The van der Waals surface area contributed by atoms with Crippen molar-refractivity contribution < 1.29 is 0 Å². The number of halogens is 1. The van der Waals surface area contributed by atoms with Crippen molar-refractivity contribution in [3.8, 4) is 5.69 Å². The van der Waals surface area contributed by atoms with Gasteiger partial charge in [-0.25, -0.2) is 4.68 Å². The lowest BCUT2D eigenvalue weighted by molar-refractivity contribution is 0.519. The van der Waals surface area contributed by atoms with Crippen LogP contribution in [0.5, 0.6) is 0 Å². The van der Waals surface area contributed by atoms with Crippen LogP contribution in [0.1, 0.15) is 26.5 Å². The summed E-state index contributed by atoms with van der Waals surface area (Å²) >= 11 is 6.02. The SMILES string of the molecule is CCn1c(CC(C)C)c(N)c(=O)n1-c1cccc(Cl)c1. The number of hydrogen-bond donors (Lipinski definition) is 1. The number of nitrogens with two attached hydrogens (primary N) is 1. The standard InChI is InChI=1S/C15H20ClN3O/c1-4-18-13(8-10(2)3)14(17)15(20)19(18)12-7-5-6-11(16)9-12/h5-7,9-10H,4,8,17H2,1-3H3. The Bertz CT molecular complexity index is 670. The highest BCUT2D eigenvalue weighted by molar-refractivity contribution is 6.30. The summed E-state index contributed by atoms with van der Waals surface area (Å²) in [7, 11) is 0. The minimum absolute atomic E-state index is 0.176. The van der Waals surface area contributed by atoms with E-state index in [0.29, 0.717) is 23.2 Å². The molecule has 0 bridgehead atoms. The zero-order valence-corrected chi connectivity index (χ0v) is 12.8. The lowest BCUT2D eigenvalue weighted by Gasteiger charge is -2.14. The van der Waals surface area contributed by atoms with Crippen LogP contribution in [-0.4, -0.2) is 9.36 Å². The maximum atomic E-state index is 12.4. The molecule has 0 amide bonds. The largest absolute Gasteiger partial charge is 0.393 e. The normalized spacial score (nSPS) is 11.2. The fourth-order valence-corrected chi connectivity index (χ4v) is 2.59. The van der Waals surface area contributed by atoms with Crippen molar-refractivity contribution in [1.29, 1.82) is 0 Å². The fraction of sp³-hybridized carbons (Fsp3) is 0.400. The Balaban J connectivity index is 2.67. The molecule has 0 saturated carbocycles. The highest BCUT2D eigenvalue weighted by Gasteiger charge is 2.18. The summed E-state index contributed by atoms with van der Waals surface area (Å²) in [6.45, 7) is 6.91. The van der Waals surface area contributed by atoms with Gasteiger partial charge >= 0.3 is 0 Å². The van der Waals surface area contributed by atoms with Gasteiger partial charge in [-0.05, 0) is 37.5 Å². The molecule has 0 unspecified atom stereocenters. The predicted molar refractivity (Wildman–Crippen MR) is 83.7 cm³/mol. The van der Waals surface area contributed by atoms with Gasteiger partial charge in [0.25, 0.3) is 5.56 Å². The number of nitrogens with zero attached hydrogens (tertiary/aromatic N) is 2. The topological polar surface area (TPSA) is 52.9 Å². The third-order valence-corrected chi connectivity index (χ3v) is 3.48. The molecular weight excluding hydrogens is 274 g/mol. The molecule has 0 aliphatic heterocycles. The van der Waals surface area contributed by atoms with E-state index in [9.17, 15) is 4.79 Å². The van der Waals surface area contributed by atoms with Gasteiger partial charge in [0.05, 0.1) is 11.4 Å². The van der Waals surface area contributed by atoms with Crippen LogP contribution < -0.4 is 11.3 Å². The van der Waals surface area contributed by atoms with Gasteiger partial charge in [0.2, 0.25) is 0 Å². The van der Waals surface area contributed by atoms with Gasteiger partial charge in [-0.15, -0.1) is 0 Å². The average Bonchev–Trinajstić information content (AvgIpc) is 2.62. The van der Waals surface area contributed by atoms with Gasteiger partial charge in [0, 0.05) is 11.6 Å². The monoisotopic (exact) mass is 293 g/mol. The number of hydrogen-bond acceptors (Lipinski definition) is 2. The van der Waals surface area contributed by atoms with Crippen molar-refractivity contribution in [2.24, 2.45) is 5.92 Å². The minimum atomic E-state index is -0.176. The first-order valence-corrected chi connectivity index (χ1v) is 7.19. The smallest absolute Gasteiger partial charge is 0.294 e. The molecule has 0 saturated heterocycles. The van der Waals surface area contributed by atoms with E-state index in [-0.39, 0.29) is 5.56 Å². The molecular formula is C15H20ClN3O. The molecule has 1 heterocycles. The van der Waals surface area contributed by atoms with E-state index < -0.39 is 0 Å². The van der Waals surface area contributed by atoms with Crippen molar-refractivity contribution >= 4 is 17.3 Å². The molecule has 2 N–H and O–H groups in total. The highest BCUT2D eigenvalue weighted by atomic mass is 35.5. The molecule has 5 heteroatoms. The summed E-state index contributed by atoms with van der Waals surface area (Å²) < 4.78 is 3.54. The lowest BCUT2D eigenvalue weighted by Crippen LogP contribution is -2.22. The summed E-state index contributed by atoms with van der Waals surface area (Å²) in [5.74, 6) is 0.435. The molecule has 0 aliphatic rings. The lowest BCUT2D eigenvalue weighted by atomic mass is 10.1. The van der Waals surface area contributed by atoms with E-state index in [1.807, 2.05) is 23.7 Å². The molecule has 4 nitrogen and oxygen atoms in total. The molecule has 0 spiro atoms. The Morgan fingerprint density at radius 3 is 2.60 bits per heavy atom. The number of nitrogen functional groups attached to an aromatic ring is 1. The first-order valence-electron chi connectivity index (χ1n) is 6.81. The summed E-state index contributed by atoms with van der Waals surface area (Å²) in [5, 5.41) is 0.599. The maximum Gasteiger partial charge on any atom is 0.294 e. The van der Waals surface area contributed by atoms with Crippen LogP contribution in [0.4, 0.5) is 5.69 Å². The van der Waals surface area contributed by atoms with Gasteiger partial charge in [0.15, 0.2) is 0 Å². The Morgan fingerprint density at radius 2 is 2.05 bits per heavy atom. The molecule has 20 heavy (non-hydrogen) atoms. The second kappa shape index (κ2) is 5.75. The Labute approximate surface area is 123 Å². The van der Waals surface area contributed by atoms with Gasteiger partial charge in [-0.3, -0.25) is 9.48 Å². The number of aromatic nitrogens is 2. The number of benzene rings is 1. The summed E-state index contributed by atoms with van der Waals surface area (Å²) in [6, 6.07) is 7.24. The fourth-order valence-electron chi connectivity index (χ4n) is 2.41. The minimum Gasteiger partial charge on any atom is -0.393 e. The first kappa shape index (κ1) is 14.7. The van der Waals surface area contributed by atoms with Crippen molar-refractivity contribution in [1.82, 2.24) is 9.36 Å². The van der Waals surface area contributed by atoms with Crippen molar-refractivity contribution in [2.75, 3.05) is 5.73 Å². The average molecular weight is 294 g/mol. The van der Waals surface area contributed by atoms with E-state index in [0.717, 1.165) is 17.8 Å². The molecule has 0 atom stereocenters. The van der Waals surface area contributed by atoms with Crippen molar-refractivity contribution in [2.45, 2.75) is 33.7 Å². The molecule has 2 rings (SSSR count). The van der Waals surface area contributed by atoms with Crippen LogP contribution in [0.3, 0.4) is 0 Å². The predicted octanol–water partition coefficient (Wildman–Crippen LogP) is 3.09. The zero-order chi connectivity index (χ0) is 14.9. The third kappa shape index (κ3) is 2.61. The summed E-state index contributed by atoms with van der Waals surface area (Å²) in [6.07, 6.45) is 0.780. The zero-order valence-electron chi connectivity index (χ0n) is 12.1. The number of rotatable bonds is 4. The molecule has 1 aromatic carbocycles. The van der Waals surface area contributed by atoms with E-state index in [2.05, 4.69) is 13.8 Å². The van der Waals surface area contributed by atoms with Gasteiger partial charge in [-0.2, -0.15) is 0 Å². The van der Waals surface area contributed by atoms with E-state index in [1.54, 1.807) is 16.8 Å².